The Kier molecular flexibility index (Phi) is 6.17. The molecule has 4 rings (SSSR count). The molecule has 0 amide bonds. The van der Waals surface area contributed by atoms with Crippen molar-refractivity contribution in [2.75, 3.05) is 0 Å². The third-order valence-corrected chi connectivity index (χ3v) is 5.95. The average Bonchev–Trinajstić information content (AvgIpc) is 3.23. The van der Waals surface area contributed by atoms with Crippen molar-refractivity contribution in [3.8, 4) is 11.4 Å². The molecule has 1 fully saturated rings. The maximum Gasteiger partial charge on any atom is 0.304 e. The SMILES string of the molecule is O=C(O)C[C@@H](CCCC1CCCCC1)c1nc(-c2cnc3ccccc3c2)no1. The molecular weight excluding hydrogens is 366 g/mol. The van der Waals surface area contributed by atoms with Crippen LogP contribution in [0, 0.1) is 5.92 Å². The minimum Gasteiger partial charge on any atom is -0.481 e. The van der Waals surface area contributed by atoms with E-state index >= 15 is 0 Å². The molecule has 0 bridgehead atoms. The quantitative estimate of drug-likeness (QED) is 0.536. The van der Waals surface area contributed by atoms with E-state index in [1.807, 2.05) is 30.3 Å². The zero-order valence-corrected chi connectivity index (χ0v) is 16.6. The monoisotopic (exact) mass is 393 g/mol. The van der Waals surface area contributed by atoms with Crippen molar-refractivity contribution in [3.05, 3.63) is 42.4 Å². The van der Waals surface area contributed by atoms with E-state index in [2.05, 4.69) is 15.1 Å². The minimum absolute atomic E-state index is 0.0161. The van der Waals surface area contributed by atoms with Gasteiger partial charge in [0, 0.05) is 23.1 Å². The van der Waals surface area contributed by atoms with Gasteiger partial charge in [-0.25, -0.2) is 0 Å². The van der Waals surface area contributed by atoms with Gasteiger partial charge >= 0.3 is 5.97 Å². The summed E-state index contributed by atoms with van der Waals surface area (Å²) in [5, 5.41) is 14.4. The number of carboxylic acid groups (broad SMARTS) is 1. The van der Waals surface area contributed by atoms with Crippen LogP contribution in [-0.2, 0) is 4.79 Å². The first-order valence-corrected chi connectivity index (χ1v) is 10.6. The van der Waals surface area contributed by atoms with Gasteiger partial charge in [-0.05, 0) is 24.5 Å². The number of benzene rings is 1. The van der Waals surface area contributed by atoms with Crippen LogP contribution in [0.3, 0.4) is 0 Å². The van der Waals surface area contributed by atoms with Crippen LogP contribution in [0.5, 0.6) is 0 Å². The number of rotatable bonds is 8. The van der Waals surface area contributed by atoms with Crippen molar-refractivity contribution in [1.29, 1.82) is 0 Å². The van der Waals surface area contributed by atoms with Gasteiger partial charge < -0.3 is 9.63 Å². The molecule has 1 saturated carbocycles. The molecule has 1 N–H and O–H groups in total. The summed E-state index contributed by atoms with van der Waals surface area (Å²) in [6.07, 6.45) is 11.3. The predicted octanol–water partition coefficient (Wildman–Crippen LogP) is 5.59. The van der Waals surface area contributed by atoms with Crippen LogP contribution in [0.4, 0.5) is 0 Å². The second kappa shape index (κ2) is 9.16. The lowest BCUT2D eigenvalue weighted by Crippen LogP contribution is -2.10. The van der Waals surface area contributed by atoms with Gasteiger partial charge in [-0.15, -0.1) is 0 Å². The lowest BCUT2D eigenvalue weighted by Gasteiger charge is -2.21. The van der Waals surface area contributed by atoms with Crippen LogP contribution in [0.1, 0.15) is 69.6 Å². The highest BCUT2D eigenvalue weighted by Crippen LogP contribution is 2.32. The van der Waals surface area contributed by atoms with Crippen LogP contribution >= 0.6 is 0 Å². The number of para-hydroxylation sites is 1. The fourth-order valence-corrected chi connectivity index (χ4v) is 4.36. The molecule has 2 heterocycles. The highest BCUT2D eigenvalue weighted by Gasteiger charge is 2.23. The van der Waals surface area contributed by atoms with Crippen LogP contribution in [-0.4, -0.2) is 26.2 Å². The van der Waals surface area contributed by atoms with Crippen molar-refractivity contribution in [2.24, 2.45) is 5.92 Å². The Morgan fingerprint density at radius 1 is 1.21 bits per heavy atom. The molecular formula is C23H27N3O3. The van der Waals surface area contributed by atoms with Crippen LogP contribution in [0.25, 0.3) is 22.3 Å². The molecule has 0 spiro atoms. The van der Waals surface area contributed by atoms with Crippen molar-refractivity contribution < 1.29 is 14.4 Å². The number of aromatic nitrogens is 3. The summed E-state index contributed by atoms with van der Waals surface area (Å²) >= 11 is 0. The van der Waals surface area contributed by atoms with E-state index in [1.54, 1.807) is 6.20 Å². The summed E-state index contributed by atoms with van der Waals surface area (Å²) in [4.78, 5) is 20.3. The maximum atomic E-state index is 11.4. The first-order chi connectivity index (χ1) is 14.2. The van der Waals surface area contributed by atoms with E-state index in [0.29, 0.717) is 11.7 Å². The second-order valence-electron chi connectivity index (χ2n) is 8.10. The highest BCUT2D eigenvalue weighted by molar-refractivity contribution is 5.82. The third-order valence-electron chi connectivity index (χ3n) is 5.95. The fourth-order valence-electron chi connectivity index (χ4n) is 4.36. The summed E-state index contributed by atoms with van der Waals surface area (Å²) < 4.78 is 5.48. The number of hydrogen-bond donors (Lipinski definition) is 1. The van der Waals surface area contributed by atoms with Crippen LogP contribution < -0.4 is 0 Å². The molecule has 1 aromatic carbocycles. The van der Waals surface area contributed by atoms with Crippen LogP contribution in [0.15, 0.2) is 41.1 Å². The second-order valence-corrected chi connectivity index (χ2v) is 8.10. The normalized spacial score (nSPS) is 16.1. The molecule has 0 saturated heterocycles. The summed E-state index contributed by atoms with van der Waals surface area (Å²) in [6.45, 7) is 0. The molecule has 6 heteroatoms. The number of pyridine rings is 1. The summed E-state index contributed by atoms with van der Waals surface area (Å²) in [5.41, 5.74) is 1.68. The molecule has 0 aliphatic heterocycles. The molecule has 2 aromatic heterocycles. The molecule has 1 atom stereocenters. The summed E-state index contributed by atoms with van der Waals surface area (Å²) in [6, 6.07) is 9.84. The zero-order valence-electron chi connectivity index (χ0n) is 16.6. The molecule has 0 unspecified atom stereocenters. The Morgan fingerprint density at radius 2 is 2.03 bits per heavy atom. The number of fused-ring (bicyclic) bond motifs is 1. The number of nitrogens with zero attached hydrogens (tertiary/aromatic N) is 3. The van der Waals surface area contributed by atoms with E-state index in [0.717, 1.165) is 41.6 Å². The number of aliphatic carboxylic acids is 1. The number of carboxylic acids is 1. The molecule has 1 aliphatic rings. The van der Waals surface area contributed by atoms with Crippen molar-refractivity contribution in [3.63, 3.8) is 0 Å². The zero-order chi connectivity index (χ0) is 20.1. The Labute approximate surface area is 170 Å². The lowest BCUT2D eigenvalue weighted by molar-refractivity contribution is -0.137. The Hall–Kier alpha value is -2.76. The van der Waals surface area contributed by atoms with E-state index in [4.69, 9.17) is 4.52 Å². The molecule has 0 radical (unpaired) electrons. The number of hydrogen-bond acceptors (Lipinski definition) is 5. The fraction of sp³-hybridized carbons (Fsp3) is 0.478. The van der Waals surface area contributed by atoms with Crippen molar-refractivity contribution >= 4 is 16.9 Å². The van der Waals surface area contributed by atoms with Crippen molar-refractivity contribution in [2.45, 2.75) is 63.7 Å². The smallest absolute Gasteiger partial charge is 0.304 e. The van der Waals surface area contributed by atoms with E-state index in [1.165, 1.54) is 32.1 Å². The van der Waals surface area contributed by atoms with Gasteiger partial charge in [-0.1, -0.05) is 68.3 Å². The Bertz CT molecular complexity index is 963. The Morgan fingerprint density at radius 3 is 2.86 bits per heavy atom. The molecule has 1 aliphatic carbocycles. The molecule has 29 heavy (non-hydrogen) atoms. The van der Waals surface area contributed by atoms with Crippen LogP contribution in [0.2, 0.25) is 0 Å². The predicted molar refractivity (Wildman–Crippen MR) is 110 cm³/mol. The van der Waals surface area contributed by atoms with Gasteiger partial charge in [0.05, 0.1) is 11.9 Å². The first-order valence-electron chi connectivity index (χ1n) is 10.6. The highest BCUT2D eigenvalue weighted by atomic mass is 16.5. The largest absolute Gasteiger partial charge is 0.481 e. The summed E-state index contributed by atoms with van der Waals surface area (Å²) in [7, 11) is 0. The lowest BCUT2D eigenvalue weighted by atomic mass is 9.84. The first kappa shape index (κ1) is 19.6. The molecule has 3 aromatic rings. The van der Waals surface area contributed by atoms with Crippen molar-refractivity contribution in [1.82, 2.24) is 15.1 Å². The average molecular weight is 393 g/mol. The van der Waals surface area contributed by atoms with E-state index in [9.17, 15) is 9.90 Å². The van der Waals surface area contributed by atoms with Gasteiger partial charge in [0.25, 0.3) is 0 Å². The van der Waals surface area contributed by atoms with E-state index < -0.39 is 5.97 Å². The standard InChI is InChI=1S/C23H27N3O3/c27-21(28)14-18(11-6-9-16-7-2-1-3-8-16)23-25-22(26-29-23)19-13-17-10-4-5-12-20(17)24-15-19/h4-5,10,12-13,15-16,18H,1-3,6-9,11,14H2,(H,27,28)/t18-/m1/s1. The minimum atomic E-state index is -0.834. The maximum absolute atomic E-state index is 11.4. The van der Waals surface area contributed by atoms with Gasteiger partial charge in [-0.3, -0.25) is 9.78 Å². The summed E-state index contributed by atoms with van der Waals surface area (Å²) in [5.74, 6) is 0.585. The van der Waals surface area contributed by atoms with Gasteiger partial charge in [0.1, 0.15) is 0 Å². The molecule has 6 nitrogen and oxygen atoms in total. The molecule has 152 valence electrons. The Balaban J connectivity index is 1.46. The topological polar surface area (TPSA) is 89.1 Å². The number of carbonyl (C=O) groups is 1. The van der Waals surface area contributed by atoms with Gasteiger partial charge in [-0.2, -0.15) is 4.98 Å². The van der Waals surface area contributed by atoms with E-state index in [-0.39, 0.29) is 12.3 Å². The van der Waals surface area contributed by atoms with Gasteiger partial charge in [0.15, 0.2) is 0 Å². The third kappa shape index (κ3) is 5.00. The van der Waals surface area contributed by atoms with Gasteiger partial charge in [0.2, 0.25) is 11.7 Å².